The summed E-state index contributed by atoms with van der Waals surface area (Å²) < 4.78 is 1.00. The molecule has 2 aromatic rings. The molecular weight excluding hydrogens is 182 g/mol. The second-order valence-corrected chi connectivity index (χ2v) is 4.70. The van der Waals surface area contributed by atoms with E-state index in [2.05, 4.69) is 45.4 Å². The molecule has 0 saturated heterocycles. The summed E-state index contributed by atoms with van der Waals surface area (Å²) in [4.78, 5) is 0. The van der Waals surface area contributed by atoms with Crippen molar-refractivity contribution in [3.8, 4) is 0 Å². The van der Waals surface area contributed by atoms with Crippen LogP contribution in [-0.2, 0) is 6.54 Å². The number of quaternary nitrogens is 1. The average Bonchev–Trinajstić information content (AvgIpc) is 2.71. The first-order chi connectivity index (χ1) is 7.08. The van der Waals surface area contributed by atoms with Gasteiger partial charge in [0.05, 0.1) is 27.7 Å². The van der Waals surface area contributed by atoms with E-state index in [1.54, 1.807) is 0 Å². The van der Waals surface area contributed by atoms with Gasteiger partial charge in [0.1, 0.15) is 0 Å². The average molecular weight is 202 g/mol. The van der Waals surface area contributed by atoms with Crippen LogP contribution in [0.4, 0.5) is 0 Å². The molecule has 0 bridgehead atoms. The van der Waals surface area contributed by atoms with Gasteiger partial charge in [-0.3, -0.25) is 0 Å². The van der Waals surface area contributed by atoms with Crippen molar-refractivity contribution in [1.82, 2.24) is 0 Å². The van der Waals surface area contributed by atoms with Crippen LogP contribution in [0.5, 0.6) is 0 Å². The van der Waals surface area contributed by atoms with E-state index in [9.17, 15) is 0 Å². The summed E-state index contributed by atoms with van der Waals surface area (Å²) in [5, 5.41) is 0. The molecule has 0 saturated carbocycles. The minimum atomic E-state index is 1.00. The Morgan fingerprint density at radius 1 is 1.00 bits per heavy atom. The standard InChI is InChI=1S/C9H15N.C5H5/c1-10(2,3)8-9-6-4-5-7-9;1-2-4-5-3-1/h4-7H,8H2,1-3H3;1-5H/q;-1. The molecule has 2 aromatic carbocycles. The molecule has 0 amide bonds. The summed E-state index contributed by atoms with van der Waals surface area (Å²) in [7, 11) is 6.60. The molecule has 2 rings (SSSR count). The summed E-state index contributed by atoms with van der Waals surface area (Å²) in [6, 6.07) is 18.5. The Labute approximate surface area is 92.9 Å². The lowest BCUT2D eigenvalue weighted by molar-refractivity contribution is -0.883. The number of rotatable bonds is 2. The van der Waals surface area contributed by atoms with E-state index in [4.69, 9.17) is 0 Å². The summed E-state index contributed by atoms with van der Waals surface area (Å²) >= 11 is 0. The minimum Gasteiger partial charge on any atom is -0.338 e. The zero-order chi connectivity index (χ0) is 11.1. The highest BCUT2D eigenvalue weighted by atomic mass is 15.3. The largest absolute Gasteiger partial charge is 0.338 e. The third-order valence-electron chi connectivity index (χ3n) is 1.94. The quantitative estimate of drug-likeness (QED) is 0.519. The van der Waals surface area contributed by atoms with Crippen LogP contribution in [0.3, 0.4) is 0 Å². The lowest BCUT2D eigenvalue weighted by Crippen LogP contribution is -2.33. The van der Waals surface area contributed by atoms with Gasteiger partial charge in [0, 0.05) is 0 Å². The van der Waals surface area contributed by atoms with Crippen LogP contribution in [0.2, 0.25) is 0 Å². The van der Waals surface area contributed by atoms with Gasteiger partial charge in [0.15, 0.2) is 0 Å². The van der Waals surface area contributed by atoms with Gasteiger partial charge in [-0.15, -0.1) is 5.56 Å². The topological polar surface area (TPSA) is 0 Å². The van der Waals surface area contributed by atoms with Gasteiger partial charge in [-0.2, -0.15) is 36.4 Å². The Bertz CT molecular complexity index is 305. The number of nitrogens with zero attached hydrogens (tertiary/aromatic N) is 1. The van der Waals surface area contributed by atoms with Crippen molar-refractivity contribution in [3.63, 3.8) is 0 Å². The number of hydrogen-bond acceptors (Lipinski definition) is 0. The minimum absolute atomic E-state index is 1.00. The molecule has 0 aliphatic rings. The molecule has 1 nitrogen and oxygen atoms in total. The van der Waals surface area contributed by atoms with Crippen molar-refractivity contribution in [2.75, 3.05) is 21.1 Å². The molecule has 82 valence electrons. The van der Waals surface area contributed by atoms with Crippen LogP contribution in [0.25, 0.3) is 0 Å². The summed E-state index contributed by atoms with van der Waals surface area (Å²) in [6.45, 7) is 1.12. The molecule has 0 heterocycles. The van der Waals surface area contributed by atoms with Crippen LogP contribution in [0, 0.1) is 0 Å². The smallest absolute Gasteiger partial charge is 0.0671 e. The molecule has 1 heteroatoms. The maximum Gasteiger partial charge on any atom is 0.0671 e. The second-order valence-electron chi connectivity index (χ2n) is 4.70. The van der Waals surface area contributed by atoms with Gasteiger partial charge in [-0.05, 0) is 0 Å². The highest BCUT2D eigenvalue weighted by molar-refractivity contribution is 5.14. The molecule has 0 aromatic heterocycles. The molecule has 0 aliphatic carbocycles. The van der Waals surface area contributed by atoms with Crippen molar-refractivity contribution < 1.29 is 4.48 Å². The molecule has 0 aliphatic heterocycles. The third kappa shape index (κ3) is 5.87. The van der Waals surface area contributed by atoms with E-state index in [1.807, 2.05) is 30.3 Å². The summed E-state index contributed by atoms with van der Waals surface area (Å²) in [5.41, 5.74) is 1.42. The Balaban J connectivity index is 0.000000187. The molecule has 0 atom stereocenters. The van der Waals surface area contributed by atoms with Crippen LogP contribution >= 0.6 is 0 Å². The monoisotopic (exact) mass is 202 g/mol. The van der Waals surface area contributed by atoms with Gasteiger partial charge in [-0.1, -0.05) is 0 Å². The lowest BCUT2D eigenvalue weighted by Gasteiger charge is -2.26. The fourth-order valence-electron chi connectivity index (χ4n) is 1.39. The van der Waals surface area contributed by atoms with Gasteiger partial charge >= 0.3 is 0 Å². The SMILES string of the molecule is C[N+](C)(C)Cc1cc[cH-]c1.c1cc[cH-]c1. The van der Waals surface area contributed by atoms with Gasteiger partial charge in [0.2, 0.25) is 0 Å². The lowest BCUT2D eigenvalue weighted by atomic mass is 10.3. The van der Waals surface area contributed by atoms with E-state index < -0.39 is 0 Å². The fourth-order valence-corrected chi connectivity index (χ4v) is 1.39. The van der Waals surface area contributed by atoms with Crippen molar-refractivity contribution >= 4 is 0 Å². The van der Waals surface area contributed by atoms with E-state index >= 15 is 0 Å². The zero-order valence-corrected chi connectivity index (χ0v) is 9.85. The van der Waals surface area contributed by atoms with E-state index in [1.165, 1.54) is 5.56 Å². The van der Waals surface area contributed by atoms with Crippen LogP contribution < -0.4 is 0 Å². The predicted molar refractivity (Wildman–Crippen MR) is 65.8 cm³/mol. The highest BCUT2D eigenvalue weighted by Gasteiger charge is 2.02. The Morgan fingerprint density at radius 3 is 2.00 bits per heavy atom. The van der Waals surface area contributed by atoms with Crippen molar-refractivity contribution in [3.05, 3.63) is 60.2 Å². The molecular formula is C14H20N-. The number of hydrogen-bond donors (Lipinski definition) is 0. The first-order valence-corrected chi connectivity index (χ1v) is 5.26. The van der Waals surface area contributed by atoms with Crippen LogP contribution in [0.15, 0.2) is 54.6 Å². The first kappa shape index (κ1) is 11.7. The zero-order valence-electron chi connectivity index (χ0n) is 9.85. The first-order valence-electron chi connectivity index (χ1n) is 5.26. The molecule has 0 fully saturated rings. The second kappa shape index (κ2) is 5.52. The molecule has 0 radical (unpaired) electrons. The van der Waals surface area contributed by atoms with Gasteiger partial charge in [0.25, 0.3) is 0 Å². The Morgan fingerprint density at radius 2 is 1.67 bits per heavy atom. The third-order valence-corrected chi connectivity index (χ3v) is 1.94. The fraction of sp³-hybridized carbons (Fsp3) is 0.286. The normalized spacial score (nSPS) is 10.6. The van der Waals surface area contributed by atoms with Crippen LogP contribution in [-0.4, -0.2) is 25.6 Å². The van der Waals surface area contributed by atoms with E-state index in [0.29, 0.717) is 0 Å². The summed E-state index contributed by atoms with van der Waals surface area (Å²) in [6.07, 6.45) is 0. The predicted octanol–water partition coefficient (Wildman–Crippen LogP) is 3.02. The Kier molecular flexibility index (Phi) is 4.32. The van der Waals surface area contributed by atoms with Crippen molar-refractivity contribution in [2.45, 2.75) is 6.54 Å². The maximum atomic E-state index is 2.20. The maximum absolute atomic E-state index is 2.20. The molecule has 0 unspecified atom stereocenters. The van der Waals surface area contributed by atoms with Gasteiger partial charge in [-0.25, -0.2) is 18.2 Å². The van der Waals surface area contributed by atoms with E-state index in [0.717, 1.165) is 11.0 Å². The molecule has 0 spiro atoms. The van der Waals surface area contributed by atoms with Crippen molar-refractivity contribution in [2.24, 2.45) is 0 Å². The molecule has 15 heavy (non-hydrogen) atoms. The summed E-state index contributed by atoms with van der Waals surface area (Å²) in [5.74, 6) is 0. The van der Waals surface area contributed by atoms with Crippen LogP contribution in [0.1, 0.15) is 5.56 Å². The van der Waals surface area contributed by atoms with E-state index in [-0.39, 0.29) is 0 Å². The Hall–Kier alpha value is -1.34. The van der Waals surface area contributed by atoms with Crippen molar-refractivity contribution in [1.29, 1.82) is 0 Å². The highest BCUT2D eigenvalue weighted by Crippen LogP contribution is 2.06. The van der Waals surface area contributed by atoms with Gasteiger partial charge < -0.3 is 4.48 Å². The molecule has 0 N–H and O–H groups in total.